The maximum atomic E-state index is 8.61. The largest absolute Gasteiger partial charge is 0.382 e. The van der Waals surface area contributed by atoms with Crippen molar-refractivity contribution in [2.24, 2.45) is 5.92 Å². The third-order valence-corrected chi connectivity index (χ3v) is 2.04. The lowest BCUT2D eigenvalue weighted by Crippen LogP contribution is -2.29. The lowest BCUT2D eigenvalue weighted by Gasteiger charge is -2.24. The van der Waals surface area contributed by atoms with Gasteiger partial charge >= 0.3 is 0 Å². The summed E-state index contributed by atoms with van der Waals surface area (Å²) in [6, 6.07) is 2.13. The van der Waals surface area contributed by atoms with E-state index in [1.807, 2.05) is 4.90 Å². The van der Waals surface area contributed by atoms with Crippen LogP contribution < -0.4 is 10.6 Å². The quantitative estimate of drug-likeness (QED) is 0.810. The second-order valence-corrected chi connectivity index (χ2v) is 4.05. The second kappa shape index (κ2) is 5.91. The summed E-state index contributed by atoms with van der Waals surface area (Å²) in [5.41, 5.74) is 5.59. The molecule has 0 atom stereocenters. The summed E-state index contributed by atoms with van der Waals surface area (Å²) in [4.78, 5) is 10.3. The first-order chi connectivity index (χ1) is 7.63. The van der Waals surface area contributed by atoms with Crippen LogP contribution in [0.3, 0.4) is 0 Å². The molecule has 1 aromatic heterocycles. The third-order valence-electron chi connectivity index (χ3n) is 2.04. The summed E-state index contributed by atoms with van der Waals surface area (Å²) >= 11 is 0. The van der Waals surface area contributed by atoms with Crippen molar-refractivity contribution in [3.05, 3.63) is 12.4 Å². The Kier molecular flexibility index (Phi) is 4.52. The molecule has 1 rings (SSSR count). The first kappa shape index (κ1) is 12.2. The van der Waals surface area contributed by atoms with E-state index in [9.17, 15) is 0 Å². The summed E-state index contributed by atoms with van der Waals surface area (Å²) in [6.45, 7) is 5.75. The summed E-state index contributed by atoms with van der Waals surface area (Å²) in [5.74, 6) is 1.65. The monoisotopic (exact) mass is 219 g/mol. The summed E-state index contributed by atoms with van der Waals surface area (Å²) in [7, 11) is 0. The predicted octanol–water partition coefficient (Wildman–Crippen LogP) is 1.43. The normalized spacial score (nSPS) is 10.1. The molecule has 0 radical (unpaired) electrons. The Morgan fingerprint density at radius 2 is 2.25 bits per heavy atom. The second-order valence-electron chi connectivity index (χ2n) is 4.05. The molecule has 1 heterocycles. The molecule has 0 amide bonds. The SMILES string of the molecule is CC(C)CN(CCC#N)c1cncc(N)n1. The van der Waals surface area contributed by atoms with Crippen molar-refractivity contribution in [2.45, 2.75) is 20.3 Å². The Morgan fingerprint density at radius 3 is 2.81 bits per heavy atom. The van der Waals surface area contributed by atoms with Gasteiger partial charge in [0.15, 0.2) is 0 Å². The van der Waals surface area contributed by atoms with E-state index < -0.39 is 0 Å². The van der Waals surface area contributed by atoms with Crippen LogP contribution >= 0.6 is 0 Å². The van der Waals surface area contributed by atoms with Crippen molar-refractivity contribution in [3.63, 3.8) is 0 Å². The van der Waals surface area contributed by atoms with Crippen molar-refractivity contribution >= 4 is 11.6 Å². The molecule has 0 bridgehead atoms. The maximum absolute atomic E-state index is 8.61. The zero-order valence-corrected chi connectivity index (χ0v) is 9.72. The van der Waals surface area contributed by atoms with E-state index in [1.54, 1.807) is 6.20 Å². The number of nitrogens with zero attached hydrogens (tertiary/aromatic N) is 4. The van der Waals surface area contributed by atoms with Gasteiger partial charge in [0.25, 0.3) is 0 Å². The molecule has 5 nitrogen and oxygen atoms in total. The van der Waals surface area contributed by atoms with Gasteiger partial charge in [0.1, 0.15) is 11.6 Å². The fourth-order valence-electron chi connectivity index (χ4n) is 1.45. The van der Waals surface area contributed by atoms with Crippen LogP contribution in [-0.2, 0) is 0 Å². The molecule has 0 aliphatic heterocycles. The molecule has 1 aromatic rings. The highest BCUT2D eigenvalue weighted by molar-refractivity contribution is 5.41. The van der Waals surface area contributed by atoms with Crippen LogP contribution in [0.4, 0.5) is 11.6 Å². The molecule has 0 aliphatic carbocycles. The van der Waals surface area contributed by atoms with Crippen molar-refractivity contribution in [1.82, 2.24) is 9.97 Å². The Balaban J connectivity index is 2.79. The van der Waals surface area contributed by atoms with Gasteiger partial charge < -0.3 is 10.6 Å². The molecule has 86 valence electrons. The number of nitrogens with two attached hydrogens (primary N) is 1. The Labute approximate surface area is 95.9 Å². The molecule has 0 saturated carbocycles. The molecule has 5 heteroatoms. The molecule has 0 unspecified atom stereocenters. The summed E-state index contributed by atoms with van der Waals surface area (Å²) in [6.07, 6.45) is 3.67. The average Bonchev–Trinajstić information content (AvgIpc) is 2.23. The van der Waals surface area contributed by atoms with Gasteiger partial charge in [-0.3, -0.25) is 4.98 Å². The van der Waals surface area contributed by atoms with Crippen LogP contribution in [0.15, 0.2) is 12.4 Å². The van der Waals surface area contributed by atoms with Crippen LogP contribution in [0.1, 0.15) is 20.3 Å². The molecule has 0 fully saturated rings. The fourth-order valence-corrected chi connectivity index (χ4v) is 1.45. The van der Waals surface area contributed by atoms with Gasteiger partial charge in [0.2, 0.25) is 0 Å². The van der Waals surface area contributed by atoms with E-state index in [0.717, 1.165) is 12.4 Å². The van der Waals surface area contributed by atoms with Crippen LogP contribution in [0, 0.1) is 17.2 Å². The third kappa shape index (κ3) is 3.73. The molecular weight excluding hydrogens is 202 g/mol. The van der Waals surface area contributed by atoms with Gasteiger partial charge in [-0.1, -0.05) is 13.8 Å². The standard InChI is InChI=1S/C11H17N5/c1-9(2)8-16(5-3-4-12)11-7-14-6-10(13)15-11/h6-7,9H,3,5,8H2,1-2H3,(H2,13,15). The van der Waals surface area contributed by atoms with E-state index in [0.29, 0.717) is 24.7 Å². The number of aromatic nitrogens is 2. The number of rotatable bonds is 5. The van der Waals surface area contributed by atoms with Crippen molar-refractivity contribution < 1.29 is 0 Å². The minimum atomic E-state index is 0.406. The molecule has 0 spiro atoms. The number of hydrogen-bond acceptors (Lipinski definition) is 5. The van der Waals surface area contributed by atoms with Crippen molar-refractivity contribution in [2.75, 3.05) is 23.7 Å². The molecule has 0 saturated heterocycles. The van der Waals surface area contributed by atoms with Gasteiger partial charge in [-0.05, 0) is 5.92 Å². The topological polar surface area (TPSA) is 78.8 Å². The smallest absolute Gasteiger partial charge is 0.149 e. The van der Waals surface area contributed by atoms with E-state index >= 15 is 0 Å². The predicted molar refractivity (Wildman–Crippen MR) is 63.7 cm³/mol. The molecule has 0 aliphatic rings. The molecular formula is C11H17N5. The van der Waals surface area contributed by atoms with Crippen molar-refractivity contribution in [3.8, 4) is 6.07 Å². The zero-order chi connectivity index (χ0) is 12.0. The van der Waals surface area contributed by atoms with Crippen LogP contribution in [0.25, 0.3) is 0 Å². The Hall–Kier alpha value is -1.83. The highest BCUT2D eigenvalue weighted by atomic mass is 15.2. The lowest BCUT2D eigenvalue weighted by atomic mass is 10.2. The molecule has 0 aromatic carbocycles. The number of hydrogen-bond donors (Lipinski definition) is 1. The van der Waals surface area contributed by atoms with Crippen LogP contribution in [0.2, 0.25) is 0 Å². The minimum Gasteiger partial charge on any atom is -0.382 e. The Morgan fingerprint density at radius 1 is 1.50 bits per heavy atom. The molecule has 16 heavy (non-hydrogen) atoms. The van der Waals surface area contributed by atoms with E-state index in [1.165, 1.54) is 6.20 Å². The van der Waals surface area contributed by atoms with Crippen LogP contribution in [0.5, 0.6) is 0 Å². The van der Waals surface area contributed by atoms with Crippen LogP contribution in [-0.4, -0.2) is 23.1 Å². The van der Waals surface area contributed by atoms with E-state index in [2.05, 4.69) is 29.9 Å². The summed E-state index contributed by atoms with van der Waals surface area (Å²) < 4.78 is 0. The molecule has 2 N–H and O–H groups in total. The number of nitriles is 1. The Bertz CT molecular complexity index is 369. The highest BCUT2D eigenvalue weighted by Gasteiger charge is 2.10. The van der Waals surface area contributed by atoms with Crippen molar-refractivity contribution in [1.29, 1.82) is 5.26 Å². The van der Waals surface area contributed by atoms with E-state index in [4.69, 9.17) is 11.0 Å². The first-order valence-corrected chi connectivity index (χ1v) is 5.33. The first-order valence-electron chi connectivity index (χ1n) is 5.33. The minimum absolute atomic E-state index is 0.406. The summed E-state index contributed by atoms with van der Waals surface area (Å²) in [5, 5.41) is 8.61. The average molecular weight is 219 g/mol. The maximum Gasteiger partial charge on any atom is 0.149 e. The van der Waals surface area contributed by atoms with Gasteiger partial charge in [0, 0.05) is 13.1 Å². The van der Waals surface area contributed by atoms with Gasteiger partial charge in [-0.25, -0.2) is 4.98 Å². The van der Waals surface area contributed by atoms with Gasteiger partial charge in [-0.15, -0.1) is 0 Å². The van der Waals surface area contributed by atoms with Gasteiger partial charge in [0.05, 0.1) is 24.9 Å². The number of anilines is 2. The highest BCUT2D eigenvalue weighted by Crippen LogP contribution is 2.13. The lowest BCUT2D eigenvalue weighted by molar-refractivity contribution is 0.607. The fraction of sp³-hybridized carbons (Fsp3) is 0.545. The zero-order valence-electron chi connectivity index (χ0n) is 9.72. The van der Waals surface area contributed by atoms with E-state index in [-0.39, 0.29) is 0 Å². The van der Waals surface area contributed by atoms with Gasteiger partial charge in [-0.2, -0.15) is 5.26 Å². The number of nitrogen functional groups attached to an aromatic ring is 1.